The quantitative estimate of drug-likeness (QED) is 0.0222. The summed E-state index contributed by atoms with van der Waals surface area (Å²) in [5, 5.41) is 10.7. The lowest BCUT2D eigenvalue weighted by molar-refractivity contribution is -0.161. The zero-order valence-electron chi connectivity index (χ0n) is 69.9. The summed E-state index contributed by atoms with van der Waals surface area (Å²) in [5.74, 6) is 0.333. The summed E-state index contributed by atoms with van der Waals surface area (Å²) in [6.07, 6.45) is 68.0. The number of carbonyl (C=O) groups is 4. The van der Waals surface area contributed by atoms with Gasteiger partial charge < -0.3 is 33.8 Å². The molecule has 0 aliphatic rings. The molecule has 3 unspecified atom stereocenters. The van der Waals surface area contributed by atoms with Crippen molar-refractivity contribution in [1.29, 1.82) is 0 Å². The summed E-state index contributed by atoms with van der Waals surface area (Å²) >= 11 is 0. The van der Waals surface area contributed by atoms with Crippen LogP contribution in [0.25, 0.3) is 0 Å². The number of rotatable bonds is 85. The van der Waals surface area contributed by atoms with Crippen molar-refractivity contribution >= 4 is 39.5 Å². The van der Waals surface area contributed by atoms with Crippen LogP contribution in [-0.4, -0.2) is 96.7 Å². The molecule has 0 heterocycles. The molecule has 0 spiro atoms. The number of aliphatic hydroxyl groups excluding tert-OH is 1. The van der Waals surface area contributed by atoms with E-state index in [1.807, 2.05) is 0 Å². The fraction of sp³-hybridized carbons (Fsp3) is 0.954. The second-order valence-corrected chi connectivity index (χ2v) is 35.4. The SMILES string of the molecule is CCCCCCCCCCCCCCC(=O)OC[C@H](COP(=O)(O)OC[C@H](O)COP(=O)(O)OC[C@@H](COC(=O)CCCCCCCCCCCCCCCCCCC(C)C)OC(=O)CCCCCCCCCCCCCCCCCCCCC(C)CC)OC(=O)CCCCCCCCCCCCC(C)C. The highest BCUT2D eigenvalue weighted by Gasteiger charge is 2.31. The third-order valence-electron chi connectivity index (χ3n) is 20.7. The van der Waals surface area contributed by atoms with Crippen molar-refractivity contribution in [3.63, 3.8) is 0 Å². The third-order valence-corrected chi connectivity index (χ3v) is 22.6. The molecule has 6 atom stereocenters. The first-order chi connectivity index (χ1) is 51.3. The van der Waals surface area contributed by atoms with Crippen LogP contribution in [0.3, 0.4) is 0 Å². The van der Waals surface area contributed by atoms with Crippen molar-refractivity contribution in [2.45, 2.75) is 478 Å². The lowest BCUT2D eigenvalue weighted by Gasteiger charge is -2.21. The standard InChI is InChI=1S/C87H170O17P2/c1-8-10-11-12-13-14-15-32-40-47-54-61-68-84(89)97-75-83(104-87(92)71-64-57-50-43-36-35-38-45-52-59-66-79(5)6)77-102-106(95,96)100-73-81(88)72-99-105(93,94)101-76-82(74-98-85(90)69-62-55-48-41-33-28-24-21-20-22-26-30-37-44-51-58-65-78(3)4)103-86(91)70-63-56-49-42-34-29-25-19-17-16-18-23-27-31-39-46-53-60-67-80(7)9-2/h78-83,88H,8-77H2,1-7H3,(H,93,94)(H,95,96)/t80?,81-,82-,83-/m1/s1. The minimum Gasteiger partial charge on any atom is -0.462 e. The van der Waals surface area contributed by atoms with Gasteiger partial charge in [0.25, 0.3) is 0 Å². The van der Waals surface area contributed by atoms with E-state index in [1.54, 1.807) is 0 Å². The molecule has 17 nitrogen and oxygen atoms in total. The summed E-state index contributed by atoms with van der Waals surface area (Å²) in [6.45, 7) is 12.1. The molecule has 0 fully saturated rings. The summed E-state index contributed by atoms with van der Waals surface area (Å²) in [7, 11) is -9.93. The Labute approximate surface area is 651 Å². The van der Waals surface area contributed by atoms with Gasteiger partial charge in [0.05, 0.1) is 26.4 Å². The van der Waals surface area contributed by atoms with E-state index < -0.39 is 97.5 Å². The smallest absolute Gasteiger partial charge is 0.462 e. The van der Waals surface area contributed by atoms with Gasteiger partial charge in [-0.2, -0.15) is 0 Å². The Kier molecular flexibility index (Phi) is 75.6. The highest BCUT2D eigenvalue weighted by atomic mass is 31.2. The highest BCUT2D eigenvalue weighted by molar-refractivity contribution is 7.47. The maximum absolute atomic E-state index is 13.2. The fourth-order valence-electron chi connectivity index (χ4n) is 13.5. The summed E-state index contributed by atoms with van der Waals surface area (Å²) in [5.41, 5.74) is 0. The predicted molar refractivity (Wildman–Crippen MR) is 437 cm³/mol. The minimum atomic E-state index is -4.97. The van der Waals surface area contributed by atoms with E-state index >= 15 is 0 Å². The monoisotopic (exact) mass is 1550 g/mol. The maximum atomic E-state index is 13.2. The Bertz CT molecular complexity index is 2050. The van der Waals surface area contributed by atoms with Gasteiger partial charge in [-0.15, -0.1) is 0 Å². The average molecular weight is 1550 g/mol. The third kappa shape index (κ3) is 78.7. The van der Waals surface area contributed by atoms with Crippen molar-refractivity contribution in [2.75, 3.05) is 39.6 Å². The van der Waals surface area contributed by atoms with Gasteiger partial charge in [0.1, 0.15) is 19.3 Å². The number of phosphoric acid groups is 2. The van der Waals surface area contributed by atoms with Crippen molar-refractivity contribution in [3.8, 4) is 0 Å². The molecule has 106 heavy (non-hydrogen) atoms. The number of ether oxygens (including phenoxy) is 4. The number of hydrogen-bond acceptors (Lipinski definition) is 15. The van der Waals surface area contributed by atoms with Crippen LogP contribution in [0, 0.1) is 17.8 Å². The molecule has 0 bridgehead atoms. The van der Waals surface area contributed by atoms with Crippen LogP contribution in [0.15, 0.2) is 0 Å². The number of phosphoric ester groups is 2. The van der Waals surface area contributed by atoms with Gasteiger partial charge in [-0.25, -0.2) is 9.13 Å². The molecule has 3 N–H and O–H groups in total. The molecule has 19 heteroatoms. The molecular weight excluding hydrogens is 1380 g/mol. The van der Waals surface area contributed by atoms with Crippen LogP contribution in [-0.2, 0) is 65.4 Å². The van der Waals surface area contributed by atoms with E-state index in [0.717, 1.165) is 108 Å². The molecule has 0 aromatic carbocycles. The first-order valence-electron chi connectivity index (χ1n) is 44.9. The van der Waals surface area contributed by atoms with Gasteiger partial charge in [-0.1, -0.05) is 408 Å². The van der Waals surface area contributed by atoms with Gasteiger partial charge in [-0.3, -0.25) is 37.3 Å². The van der Waals surface area contributed by atoms with E-state index in [4.69, 9.17) is 37.0 Å². The second-order valence-electron chi connectivity index (χ2n) is 32.5. The van der Waals surface area contributed by atoms with Crippen LogP contribution in [0.4, 0.5) is 0 Å². The van der Waals surface area contributed by atoms with Crippen molar-refractivity contribution in [3.05, 3.63) is 0 Å². The lowest BCUT2D eigenvalue weighted by atomic mass is 9.99. The molecule has 0 amide bonds. The predicted octanol–water partition coefficient (Wildman–Crippen LogP) is 26.5. The Morgan fingerprint density at radius 1 is 0.274 bits per heavy atom. The summed E-state index contributed by atoms with van der Waals surface area (Å²) in [4.78, 5) is 73.2. The Balaban J connectivity index is 5.23. The summed E-state index contributed by atoms with van der Waals surface area (Å²) in [6, 6.07) is 0. The minimum absolute atomic E-state index is 0.106. The summed E-state index contributed by atoms with van der Waals surface area (Å²) < 4.78 is 68.9. The van der Waals surface area contributed by atoms with Crippen molar-refractivity contribution < 1.29 is 80.2 Å². The molecule has 0 saturated heterocycles. The first-order valence-corrected chi connectivity index (χ1v) is 47.9. The Hall–Kier alpha value is -1.94. The number of esters is 4. The molecule has 0 aliphatic heterocycles. The molecule has 630 valence electrons. The lowest BCUT2D eigenvalue weighted by Crippen LogP contribution is -2.30. The molecule has 0 aromatic rings. The van der Waals surface area contributed by atoms with Crippen LogP contribution in [0.2, 0.25) is 0 Å². The molecular formula is C87H170O17P2. The van der Waals surface area contributed by atoms with Gasteiger partial charge in [0, 0.05) is 25.7 Å². The zero-order valence-corrected chi connectivity index (χ0v) is 71.7. The highest BCUT2D eigenvalue weighted by Crippen LogP contribution is 2.45. The van der Waals surface area contributed by atoms with Crippen LogP contribution < -0.4 is 0 Å². The first kappa shape index (κ1) is 104. The van der Waals surface area contributed by atoms with Crippen LogP contribution >= 0.6 is 15.6 Å². The van der Waals surface area contributed by atoms with Gasteiger partial charge in [-0.05, 0) is 43.4 Å². The average Bonchev–Trinajstić information content (AvgIpc) is 0.900. The Morgan fingerprint density at radius 3 is 0.717 bits per heavy atom. The number of hydrogen-bond donors (Lipinski definition) is 3. The number of unbranched alkanes of at least 4 members (excludes halogenated alkanes) is 52. The van der Waals surface area contributed by atoms with Gasteiger partial charge >= 0.3 is 39.5 Å². The number of carbonyl (C=O) groups excluding carboxylic acids is 4. The molecule has 0 aliphatic carbocycles. The molecule has 0 aromatic heterocycles. The molecule has 0 rings (SSSR count). The topological polar surface area (TPSA) is 237 Å². The Morgan fingerprint density at radius 2 is 0.481 bits per heavy atom. The molecule has 0 radical (unpaired) electrons. The van der Waals surface area contributed by atoms with Gasteiger partial charge in [0.15, 0.2) is 12.2 Å². The fourth-order valence-corrected chi connectivity index (χ4v) is 15.1. The maximum Gasteiger partial charge on any atom is 0.472 e. The van der Waals surface area contributed by atoms with E-state index in [9.17, 15) is 43.2 Å². The van der Waals surface area contributed by atoms with E-state index in [-0.39, 0.29) is 25.7 Å². The van der Waals surface area contributed by atoms with Crippen molar-refractivity contribution in [1.82, 2.24) is 0 Å². The van der Waals surface area contributed by atoms with Crippen LogP contribution in [0.5, 0.6) is 0 Å². The largest absolute Gasteiger partial charge is 0.472 e. The van der Waals surface area contributed by atoms with Crippen molar-refractivity contribution in [2.24, 2.45) is 17.8 Å². The zero-order chi connectivity index (χ0) is 77.9. The van der Waals surface area contributed by atoms with Gasteiger partial charge in [0.2, 0.25) is 0 Å². The number of aliphatic hydroxyl groups is 1. The molecule has 0 saturated carbocycles. The normalized spacial score (nSPS) is 14.1. The van der Waals surface area contributed by atoms with E-state index in [2.05, 4.69) is 48.5 Å². The van der Waals surface area contributed by atoms with E-state index in [0.29, 0.717) is 25.7 Å². The van der Waals surface area contributed by atoms with Crippen LogP contribution in [0.1, 0.15) is 459 Å². The van der Waals surface area contributed by atoms with E-state index in [1.165, 1.54) is 270 Å². The second kappa shape index (κ2) is 77.0.